The molecule has 23 heavy (non-hydrogen) atoms. The van der Waals surface area contributed by atoms with Crippen LogP contribution in [0.2, 0.25) is 0 Å². The van der Waals surface area contributed by atoms with Gasteiger partial charge in [-0.25, -0.2) is 0 Å². The lowest BCUT2D eigenvalue weighted by Crippen LogP contribution is -2.23. The van der Waals surface area contributed by atoms with Crippen molar-refractivity contribution in [3.8, 4) is 11.5 Å². The molecule has 2 aromatic rings. The molecule has 0 amide bonds. The summed E-state index contributed by atoms with van der Waals surface area (Å²) in [6.45, 7) is 0.816. The van der Waals surface area contributed by atoms with E-state index in [1.165, 1.54) is 37.3 Å². The standard InChI is InChI=1S/C17H12O6/c1-8(19)23-13-4-2-3-10-15(13)17(22)14-11(16(10)21)5-9(7-18)6-12(14)20/h2-6,18,20H,7H2,1H3. The molecule has 1 aliphatic carbocycles. The summed E-state index contributed by atoms with van der Waals surface area (Å²) in [7, 11) is 0. The smallest absolute Gasteiger partial charge is 0.308 e. The number of phenolic OH excluding ortho intramolecular Hbond substituents is 1. The SMILES string of the molecule is CC(=O)Oc1cccc2c1C(=O)c1c(O)cc(CO)cc1C2=O. The second-order valence-electron chi connectivity index (χ2n) is 5.13. The Labute approximate surface area is 130 Å². The number of hydrogen-bond donors (Lipinski definition) is 2. The highest BCUT2D eigenvalue weighted by Gasteiger charge is 2.35. The van der Waals surface area contributed by atoms with E-state index in [1.807, 2.05) is 0 Å². The molecule has 2 N–H and O–H groups in total. The van der Waals surface area contributed by atoms with Crippen molar-refractivity contribution in [2.75, 3.05) is 0 Å². The maximum absolute atomic E-state index is 12.7. The van der Waals surface area contributed by atoms with Crippen LogP contribution in [0.1, 0.15) is 44.3 Å². The number of benzene rings is 2. The van der Waals surface area contributed by atoms with Crippen LogP contribution >= 0.6 is 0 Å². The predicted octanol–water partition coefficient (Wildman–Crippen LogP) is 1.59. The van der Waals surface area contributed by atoms with Gasteiger partial charge in [-0.05, 0) is 23.8 Å². The molecular formula is C17H12O6. The molecule has 1 aliphatic rings. The number of carbonyl (C=O) groups is 3. The zero-order valence-corrected chi connectivity index (χ0v) is 12.1. The number of phenols is 1. The van der Waals surface area contributed by atoms with E-state index < -0.39 is 23.3 Å². The number of aliphatic hydroxyl groups is 1. The van der Waals surface area contributed by atoms with Gasteiger partial charge in [-0.3, -0.25) is 14.4 Å². The molecule has 0 unspecified atom stereocenters. The largest absolute Gasteiger partial charge is 0.507 e. The number of esters is 1. The summed E-state index contributed by atoms with van der Waals surface area (Å²) >= 11 is 0. The zero-order valence-electron chi connectivity index (χ0n) is 12.1. The first kappa shape index (κ1) is 14.9. The highest BCUT2D eigenvalue weighted by Crippen LogP contribution is 2.37. The Kier molecular flexibility index (Phi) is 3.46. The van der Waals surface area contributed by atoms with E-state index in [1.54, 1.807) is 0 Å². The maximum atomic E-state index is 12.7. The number of hydrogen-bond acceptors (Lipinski definition) is 6. The number of ether oxygens (including phenoxy) is 1. The van der Waals surface area contributed by atoms with Gasteiger partial charge in [0.15, 0.2) is 5.78 Å². The van der Waals surface area contributed by atoms with Crippen molar-refractivity contribution in [1.82, 2.24) is 0 Å². The van der Waals surface area contributed by atoms with Crippen LogP contribution < -0.4 is 4.74 Å². The topological polar surface area (TPSA) is 101 Å². The molecule has 2 aromatic carbocycles. The summed E-state index contributed by atoms with van der Waals surface area (Å²) in [5.41, 5.74) is 0.232. The Morgan fingerprint density at radius 3 is 2.48 bits per heavy atom. The average Bonchev–Trinajstić information content (AvgIpc) is 2.51. The van der Waals surface area contributed by atoms with Crippen molar-refractivity contribution < 1.29 is 29.3 Å². The van der Waals surface area contributed by atoms with E-state index in [-0.39, 0.29) is 34.6 Å². The van der Waals surface area contributed by atoms with Crippen LogP contribution in [0.15, 0.2) is 30.3 Å². The monoisotopic (exact) mass is 312 g/mol. The highest BCUT2D eigenvalue weighted by molar-refractivity contribution is 6.30. The Balaban J connectivity index is 2.27. The molecule has 6 heteroatoms. The van der Waals surface area contributed by atoms with Crippen LogP contribution in [0.4, 0.5) is 0 Å². The minimum Gasteiger partial charge on any atom is -0.507 e. The molecule has 0 aliphatic heterocycles. The van der Waals surface area contributed by atoms with E-state index >= 15 is 0 Å². The predicted molar refractivity (Wildman–Crippen MR) is 78.6 cm³/mol. The number of aliphatic hydroxyl groups excluding tert-OH is 1. The molecule has 0 heterocycles. The molecule has 0 aromatic heterocycles. The lowest BCUT2D eigenvalue weighted by Gasteiger charge is -2.20. The van der Waals surface area contributed by atoms with E-state index in [0.717, 1.165) is 0 Å². The molecule has 0 bridgehead atoms. The number of aromatic hydroxyl groups is 1. The quantitative estimate of drug-likeness (QED) is 0.550. The first-order chi connectivity index (χ1) is 10.9. The first-order valence-corrected chi connectivity index (χ1v) is 6.81. The van der Waals surface area contributed by atoms with Gasteiger partial charge in [0.05, 0.1) is 17.7 Å². The fraction of sp³-hybridized carbons (Fsp3) is 0.118. The van der Waals surface area contributed by atoms with Gasteiger partial charge in [0.2, 0.25) is 5.78 Å². The van der Waals surface area contributed by atoms with Crippen molar-refractivity contribution in [3.63, 3.8) is 0 Å². The Morgan fingerprint density at radius 2 is 1.83 bits per heavy atom. The van der Waals surface area contributed by atoms with E-state index in [4.69, 9.17) is 4.74 Å². The van der Waals surface area contributed by atoms with Gasteiger partial charge in [-0.15, -0.1) is 0 Å². The molecule has 6 nitrogen and oxygen atoms in total. The van der Waals surface area contributed by atoms with Gasteiger partial charge in [0.1, 0.15) is 11.5 Å². The molecular weight excluding hydrogens is 300 g/mol. The second-order valence-corrected chi connectivity index (χ2v) is 5.13. The molecule has 116 valence electrons. The molecule has 0 spiro atoms. The van der Waals surface area contributed by atoms with Crippen LogP contribution in [0.3, 0.4) is 0 Å². The fourth-order valence-corrected chi connectivity index (χ4v) is 2.66. The van der Waals surface area contributed by atoms with Crippen LogP contribution in [0.5, 0.6) is 11.5 Å². The van der Waals surface area contributed by atoms with Crippen molar-refractivity contribution in [2.24, 2.45) is 0 Å². The van der Waals surface area contributed by atoms with Crippen molar-refractivity contribution in [3.05, 3.63) is 58.1 Å². The van der Waals surface area contributed by atoms with E-state index in [9.17, 15) is 24.6 Å². The van der Waals surface area contributed by atoms with Gasteiger partial charge in [-0.2, -0.15) is 0 Å². The Morgan fingerprint density at radius 1 is 1.09 bits per heavy atom. The lowest BCUT2D eigenvalue weighted by molar-refractivity contribution is -0.131. The third-order valence-electron chi connectivity index (χ3n) is 3.58. The number of rotatable bonds is 2. The van der Waals surface area contributed by atoms with Crippen molar-refractivity contribution in [1.29, 1.82) is 0 Å². The van der Waals surface area contributed by atoms with Gasteiger partial charge in [-0.1, -0.05) is 12.1 Å². The third kappa shape index (κ3) is 2.29. The van der Waals surface area contributed by atoms with E-state index in [2.05, 4.69) is 0 Å². The number of carbonyl (C=O) groups excluding carboxylic acids is 3. The molecule has 0 fully saturated rings. The summed E-state index contributed by atoms with van der Waals surface area (Å²) in [5.74, 6) is -2.12. The van der Waals surface area contributed by atoms with Crippen molar-refractivity contribution in [2.45, 2.75) is 13.5 Å². The van der Waals surface area contributed by atoms with Gasteiger partial charge >= 0.3 is 5.97 Å². The van der Waals surface area contributed by atoms with E-state index in [0.29, 0.717) is 5.56 Å². The minimum absolute atomic E-state index is 0.0199. The highest BCUT2D eigenvalue weighted by atomic mass is 16.5. The summed E-state index contributed by atoms with van der Waals surface area (Å²) in [6, 6.07) is 6.97. The summed E-state index contributed by atoms with van der Waals surface area (Å²) in [4.78, 5) is 36.5. The normalized spacial score (nSPS) is 12.6. The zero-order chi connectivity index (χ0) is 16.7. The van der Waals surface area contributed by atoms with Gasteiger partial charge in [0.25, 0.3) is 0 Å². The first-order valence-electron chi connectivity index (χ1n) is 6.81. The maximum Gasteiger partial charge on any atom is 0.308 e. The summed E-state index contributed by atoms with van der Waals surface area (Å²) in [5, 5.41) is 19.3. The van der Waals surface area contributed by atoms with Crippen LogP contribution in [0.25, 0.3) is 0 Å². The fourth-order valence-electron chi connectivity index (χ4n) is 2.66. The third-order valence-corrected chi connectivity index (χ3v) is 3.58. The average molecular weight is 312 g/mol. The Hall–Kier alpha value is -2.99. The Bertz CT molecular complexity index is 866. The second kappa shape index (κ2) is 5.33. The molecule has 3 rings (SSSR count). The summed E-state index contributed by atoms with van der Waals surface area (Å²) in [6.07, 6.45) is 0. The van der Waals surface area contributed by atoms with Crippen LogP contribution in [0, 0.1) is 0 Å². The lowest BCUT2D eigenvalue weighted by atomic mass is 9.82. The van der Waals surface area contributed by atoms with Crippen molar-refractivity contribution >= 4 is 17.5 Å². The molecule has 0 radical (unpaired) electrons. The molecule has 0 saturated carbocycles. The minimum atomic E-state index is -0.621. The number of ketones is 2. The molecule has 0 atom stereocenters. The van der Waals surface area contributed by atoms with Gasteiger partial charge < -0.3 is 14.9 Å². The number of fused-ring (bicyclic) bond motifs is 2. The molecule has 0 saturated heterocycles. The van der Waals surface area contributed by atoms with Crippen LogP contribution in [-0.2, 0) is 11.4 Å². The van der Waals surface area contributed by atoms with Gasteiger partial charge in [0, 0.05) is 18.1 Å². The summed E-state index contributed by atoms with van der Waals surface area (Å²) < 4.78 is 5.00. The van der Waals surface area contributed by atoms with Crippen LogP contribution in [-0.4, -0.2) is 27.7 Å².